The number of fused-ring (bicyclic) bond motifs is 1. The summed E-state index contributed by atoms with van der Waals surface area (Å²) in [6.45, 7) is -0.798. The molecule has 1 aliphatic heterocycles. The smallest absolute Gasteiger partial charge is 0.254 e. The van der Waals surface area contributed by atoms with E-state index in [0.29, 0.717) is 23.3 Å². The summed E-state index contributed by atoms with van der Waals surface area (Å²) in [4.78, 5) is 24.9. The molecule has 2 aromatic rings. The Bertz CT molecular complexity index is 838. The molecule has 0 radical (unpaired) electrons. The van der Waals surface area contributed by atoms with Gasteiger partial charge in [-0.15, -0.1) is 0 Å². The van der Waals surface area contributed by atoms with Crippen LogP contribution in [0.4, 0.5) is 4.39 Å². The van der Waals surface area contributed by atoms with Crippen molar-refractivity contribution in [3.63, 3.8) is 0 Å². The Kier molecular flexibility index (Phi) is 5.86. The van der Waals surface area contributed by atoms with Gasteiger partial charge in [0.2, 0.25) is 0 Å². The highest BCUT2D eigenvalue weighted by Gasteiger charge is 2.38. The molecular weight excluding hydrogens is 349 g/mol. The Morgan fingerprint density at radius 3 is 2.59 bits per heavy atom. The highest BCUT2D eigenvalue weighted by atomic mass is 19.1. The number of carbonyl (C=O) groups is 2. The fourth-order valence-electron chi connectivity index (χ4n) is 3.46. The van der Waals surface area contributed by atoms with E-state index in [9.17, 15) is 14.0 Å². The zero-order chi connectivity index (χ0) is 19.4. The van der Waals surface area contributed by atoms with E-state index in [0.717, 1.165) is 5.56 Å². The van der Waals surface area contributed by atoms with Crippen LogP contribution in [-0.2, 0) is 0 Å². The molecule has 0 aliphatic carbocycles. The summed E-state index contributed by atoms with van der Waals surface area (Å²) in [7, 11) is 1.49. The number of alkyl halides is 1. The molecule has 1 heterocycles. The van der Waals surface area contributed by atoms with E-state index in [4.69, 9.17) is 9.84 Å². The van der Waals surface area contributed by atoms with Gasteiger partial charge in [0, 0.05) is 31.2 Å². The third-order valence-corrected chi connectivity index (χ3v) is 4.76. The zero-order valence-electron chi connectivity index (χ0n) is 15.1. The normalized spacial score (nSPS) is 17.9. The van der Waals surface area contributed by atoms with Crippen molar-refractivity contribution in [3.8, 4) is 5.75 Å². The van der Waals surface area contributed by atoms with E-state index < -0.39 is 24.6 Å². The molecule has 0 fully saturated rings. The first kappa shape index (κ1) is 19.0. The summed E-state index contributed by atoms with van der Waals surface area (Å²) in [5.74, 6) is -0.647. The van der Waals surface area contributed by atoms with Crippen molar-refractivity contribution in [2.24, 2.45) is 0 Å². The van der Waals surface area contributed by atoms with Gasteiger partial charge in [-0.3, -0.25) is 9.59 Å². The molecule has 0 saturated carbocycles. The van der Waals surface area contributed by atoms with E-state index in [-0.39, 0.29) is 24.4 Å². The molecule has 142 valence electrons. The molecule has 6 heteroatoms. The monoisotopic (exact) mass is 371 g/mol. The van der Waals surface area contributed by atoms with Crippen LogP contribution in [0.5, 0.6) is 5.75 Å². The second-order valence-corrected chi connectivity index (χ2v) is 6.47. The second kappa shape index (κ2) is 8.31. The molecule has 3 rings (SSSR count). The maximum absolute atomic E-state index is 13.7. The minimum absolute atomic E-state index is 0.0847. The standard InChI is InChI=1S/C21H22FNO4/c1-23-21(26)16-11-14(17(25)8-5-9-24)10-15-19(13-6-3-2-4-7-13)18(12-22)27-20(15)16/h2-4,6-7,10-11,18-19,24H,5,8-9,12H2,1H3,(H,23,26)/t18-,19+/m1/s1. The van der Waals surface area contributed by atoms with Gasteiger partial charge in [-0.05, 0) is 24.1 Å². The Morgan fingerprint density at radius 2 is 1.96 bits per heavy atom. The van der Waals surface area contributed by atoms with Gasteiger partial charge in [0.1, 0.15) is 18.5 Å². The maximum Gasteiger partial charge on any atom is 0.254 e. The van der Waals surface area contributed by atoms with Crippen LogP contribution in [0.2, 0.25) is 0 Å². The molecule has 1 amide bonds. The van der Waals surface area contributed by atoms with E-state index in [2.05, 4.69) is 5.32 Å². The highest BCUT2D eigenvalue weighted by molar-refractivity contribution is 6.03. The zero-order valence-corrected chi connectivity index (χ0v) is 15.1. The number of halogens is 1. The number of aliphatic hydroxyl groups excluding tert-OH is 1. The molecule has 0 bridgehead atoms. The van der Waals surface area contributed by atoms with E-state index >= 15 is 0 Å². The van der Waals surface area contributed by atoms with Crippen molar-refractivity contribution >= 4 is 11.7 Å². The quantitative estimate of drug-likeness (QED) is 0.734. The SMILES string of the molecule is CNC(=O)c1cc(C(=O)CCCO)cc2c1O[C@H](CF)[C@H]2c1ccccc1. The predicted molar refractivity (Wildman–Crippen MR) is 99.2 cm³/mol. The number of hydrogen-bond donors (Lipinski definition) is 2. The topological polar surface area (TPSA) is 75.6 Å². The van der Waals surface area contributed by atoms with Crippen molar-refractivity contribution in [3.05, 3.63) is 64.7 Å². The lowest BCUT2D eigenvalue weighted by Gasteiger charge is -2.16. The van der Waals surface area contributed by atoms with Crippen LogP contribution in [0.3, 0.4) is 0 Å². The van der Waals surface area contributed by atoms with Crippen LogP contribution < -0.4 is 10.1 Å². The first-order chi connectivity index (χ1) is 13.1. The van der Waals surface area contributed by atoms with Crippen molar-refractivity contribution in [2.75, 3.05) is 20.3 Å². The summed E-state index contributed by atoms with van der Waals surface area (Å²) >= 11 is 0. The first-order valence-electron chi connectivity index (χ1n) is 8.92. The summed E-state index contributed by atoms with van der Waals surface area (Å²) < 4.78 is 19.5. The molecule has 2 aromatic carbocycles. The molecule has 27 heavy (non-hydrogen) atoms. The average molecular weight is 371 g/mol. The van der Waals surface area contributed by atoms with Gasteiger partial charge in [0.15, 0.2) is 5.78 Å². The van der Waals surface area contributed by atoms with Crippen molar-refractivity contribution in [1.82, 2.24) is 5.32 Å². The lowest BCUT2D eigenvalue weighted by atomic mass is 9.86. The number of carbonyl (C=O) groups excluding carboxylic acids is 2. The molecule has 0 saturated heterocycles. The Hall–Kier alpha value is -2.73. The number of aliphatic hydroxyl groups is 1. The summed E-state index contributed by atoms with van der Waals surface area (Å²) in [5, 5.41) is 11.5. The molecule has 0 unspecified atom stereocenters. The minimum atomic E-state index is -0.756. The van der Waals surface area contributed by atoms with Crippen molar-refractivity contribution in [2.45, 2.75) is 24.9 Å². The third kappa shape index (κ3) is 3.71. The van der Waals surface area contributed by atoms with E-state index in [1.54, 1.807) is 6.07 Å². The predicted octanol–water partition coefficient (Wildman–Crippen LogP) is 2.86. The van der Waals surface area contributed by atoms with Gasteiger partial charge >= 0.3 is 0 Å². The summed E-state index contributed by atoms with van der Waals surface area (Å²) in [6.07, 6.45) is -0.239. The summed E-state index contributed by atoms with van der Waals surface area (Å²) in [5.41, 5.74) is 2.09. The number of nitrogens with one attached hydrogen (secondary N) is 1. The number of benzene rings is 2. The molecule has 0 spiro atoms. The fourth-order valence-corrected chi connectivity index (χ4v) is 3.46. The molecule has 2 atom stereocenters. The Labute approximate surface area is 157 Å². The van der Waals surface area contributed by atoms with Gasteiger partial charge in [-0.25, -0.2) is 4.39 Å². The fraction of sp³-hybridized carbons (Fsp3) is 0.333. The first-order valence-corrected chi connectivity index (χ1v) is 8.92. The number of Topliss-reactive ketones (excluding diaryl/α,β-unsaturated/α-hetero) is 1. The van der Waals surface area contributed by atoms with Gasteiger partial charge in [0.25, 0.3) is 5.91 Å². The van der Waals surface area contributed by atoms with Gasteiger partial charge in [0.05, 0.1) is 11.5 Å². The average Bonchev–Trinajstić information content (AvgIpc) is 3.09. The lowest BCUT2D eigenvalue weighted by molar-refractivity contribution is 0.0955. The number of hydrogen-bond acceptors (Lipinski definition) is 4. The van der Waals surface area contributed by atoms with Crippen LogP contribution in [0.15, 0.2) is 42.5 Å². The third-order valence-electron chi connectivity index (χ3n) is 4.76. The number of rotatable bonds is 7. The van der Waals surface area contributed by atoms with Crippen molar-refractivity contribution < 1.29 is 23.8 Å². The molecular formula is C21H22FNO4. The Balaban J connectivity index is 2.13. The second-order valence-electron chi connectivity index (χ2n) is 6.47. The van der Waals surface area contributed by atoms with Gasteiger partial charge in [-0.1, -0.05) is 30.3 Å². The van der Waals surface area contributed by atoms with Crippen LogP contribution in [-0.4, -0.2) is 43.2 Å². The van der Waals surface area contributed by atoms with Crippen LogP contribution in [0.25, 0.3) is 0 Å². The molecule has 2 N–H and O–H groups in total. The van der Waals surface area contributed by atoms with Gasteiger partial charge < -0.3 is 15.2 Å². The maximum atomic E-state index is 13.7. The number of amides is 1. The van der Waals surface area contributed by atoms with E-state index in [1.807, 2.05) is 30.3 Å². The number of ether oxygens (including phenoxy) is 1. The highest BCUT2D eigenvalue weighted by Crippen LogP contribution is 2.45. The summed E-state index contributed by atoms with van der Waals surface area (Å²) in [6, 6.07) is 12.5. The number of ketones is 1. The van der Waals surface area contributed by atoms with Crippen molar-refractivity contribution in [1.29, 1.82) is 0 Å². The largest absolute Gasteiger partial charge is 0.486 e. The molecule has 5 nitrogen and oxygen atoms in total. The molecule has 0 aromatic heterocycles. The van der Waals surface area contributed by atoms with Crippen LogP contribution >= 0.6 is 0 Å². The van der Waals surface area contributed by atoms with E-state index in [1.165, 1.54) is 13.1 Å². The molecule has 1 aliphatic rings. The van der Waals surface area contributed by atoms with Crippen LogP contribution in [0.1, 0.15) is 50.6 Å². The van der Waals surface area contributed by atoms with Crippen LogP contribution in [0, 0.1) is 0 Å². The minimum Gasteiger partial charge on any atom is -0.486 e. The van der Waals surface area contributed by atoms with Gasteiger partial charge in [-0.2, -0.15) is 0 Å². The Morgan fingerprint density at radius 1 is 1.22 bits per heavy atom. The lowest BCUT2D eigenvalue weighted by Crippen LogP contribution is -2.22.